The maximum absolute atomic E-state index is 10.3. The van der Waals surface area contributed by atoms with Crippen molar-refractivity contribution in [1.29, 1.82) is 0 Å². The molecule has 106 valence electrons. The van der Waals surface area contributed by atoms with Gasteiger partial charge in [0.25, 0.3) is 0 Å². The topological polar surface area (TPSA) is 58.7 Å². The SMILES string of the molecule is COc1cccc(C(O)CN(C)C(CN)C2CC2)c1. The Morgan fingerprint density at radius 2 is 2.21 bits per heavy atom. The van der Waals surface area contributed by atoms with Gasteiger partial charge in [0.05, 0.1) is 13.2 Å². The highest BCUT2D eigenvalue weighted by Gasteiger charge is 2.33. The number of hydrogen-bond acceptors (Lipinski definition) is 4. The molecule has 0 aliphatic heterocycles. The van der Waals surface area contributed by atoms with Crippen molar-refractivity contribution in [3.8, 4) is 5.75 Å². The summed E-state index contributed by atoms with van der Waals surface area (Å²) in [6.45, 7) is 1.26. The molecule has 1 aromatic rings. The van der Waals surface area contributed by atoms with E-state index in [1.807, 2.05) is 31.3 Å². The number of ether oxygens (including phenoxy) is 1. The van der Waals surface area contributed by atoms with Gasteiger partial charge in [-0.05, 0) is 43.5 Å². The molecule has 0 amide bonds. The van der Waals surface area contributed by atoms with E-state index >= 15 is 0 Å². The van der Waals surface area contributed by atoms with Crippen molar-refractivity contribution in [2.45, 2.75) is 25.0 Å². The van der Waals surface area contributed by atoms with Crippen LogP contribution in [0, 0.1) is 5.92 Å². The van der Waals surface area contributed by atoms with E-state index in [0.717, 1.165) is 11.3 Å². The number of hydrogen-bond donors (Lipinski definition) is 2. The van der Waals surface area contributed by atoms with Crippen LogP contribution in [0.3, 0.4) is 0 Å². The predicted octanol–water partition coefficient (Wildman–Crippen LogP) is 1.40. The highest BCUT2D eigenvalue weighted by atomic mass is 16.5. The molecule has 0 bridgehead atoms. The van der Waals surface area contributed by atoms with Crippen LogP contribution in [-0.4, -0.2) is 43.3 Å². The molecule has 0 aromatic heterocycles. The highest BCUT2D eigenvalue weighted by molar-refractivity contribution is 5.29. The molecule has 0 spiro atoms. The van der Waals surface area contributed by atoms with Crippen molar-refractivity contribution in [3.63, 3.8) is 0 Å². The fourth-order valence-electron chi connectivity index (χ4n) is 2.58. The van der Waals surface area contributed by atoms with Gasteiger partial charge in [0.15, 0.2) is 0 Å². The largest absolute Gasteiger partial charge is 0.497 e. The first-order chi connectivity index (χ1) is 9.15. The zero-order chi connectivity index (χ0) is 13.8. The van der Waals surface area contributed by atoms with E-state index in [4.69, 9.17) is 10.5 Å². The molecular weight excluding hydrogens is 240 g/mol. The van der Waals surface area contributed by atoms with Crippen LogP contribution in [0.1, 0.15) is 24.5 Å². The number of likely N-dealkylation sites (N-methyl/N-ethyl adjacent to an activating group) is 1. The molecular formula is C15H24N2O2. The normalized spacial score (nSPS) is 18.4. The monoisotopic (exact) mass is 264 g/mol. The molecule has 4 heteroatoms. The molecule has 19 heavy (non-hydrogen) atoms. The Kier molecular flexibility index (Phi) is 4.80. The van der Waals surface area contributed by atoms with Gasteiger partial charge in [-0.2, -0.15) is 0 Å². The van der Waals surface area contributed by atoms with Crippen molar-refractivity contribution in [1.82, 2.24) is 4.90 Å². The van der Waals surface area contributed by atoms with Crippen LogP contribution in [-0.2, 0) is 0 Å². The molecule has 3 N–H and O–H groups in total. The Hall–Kier alpha value is -1.10. The van der Waals surface area contributed by atoms with E-state index in [1.54, 1.807) is 7.11 Å². The molecule has 0 saturated heterocycles. The van der Waals surface area contributed by atoms with Crippen LogP contribution < -0.4 is 10.5 Å². The molecule has 4 nitrogen and oxygen atoms in total. The minimum absolute atomic E-state index is 0.389. The summed E-state index contributed by atoms with van der Waals surface area (Å²) in [6, 6.07) is 7.98. The summed E-state index contributed by atoms with van der Waals surface area (Å²) in [5.41, 5.74) is 6.72. The van der Waals surface area contributed by atoms with Crippen LogP contribution in [0.2, 0.25) is 0 Å². The van der Waals surface area contributed by atoms with Gasteiger partial charge in [-0.3, -0.25) is 4.90 Å². The third kappa shape index (κ3) is 3.69. The highest BCUT2D eigenvalue weighted by Crippen LogP contribution is 2.35. The Bertz CT molecular complexity index is 407. The summed E-state index contributed by atoms with van der Waals surface area (Å²) >= 11 is 0. The number of nitrogens with zero attached hydrogens (tertiary/aromatic N) is 1. The van der Waals surface area contributed by atoms with Crippen molar-refractivity contribution >= 4 is 0 Å². The lowest BCUT2D eigenvalue weighted by molar-refractivity contribution is 0.0995. The van der Waals surface area contributed by atoms with E-state index < -0.39 is 6.10 Å². The molecule has 1 aromatic carbocycles. The fourth-order valence-corrected chi connectivity index (χ4v) is 2.58. The first kappa shape index (κ1) is 14.3. The molecule has 2 unspecified atom stereocenters. The lowest BCUT2D eigenvalue weighted by Gasteiger charge is -2.29. The van der Waals surface area contributed by atoms with E-state index in [9.17, 15) is 5.11 Å². The number of rotatable bonds is 7. The summed E-state index contributed by atoms with van der Waals surface area (Å²) in [6.07, 6.45) is 2.02. The molecule has 1 aliphatic carbocycles. The number of benzene rings is 1. The molecule has 1 saturated carbocycles. The van der Waals surface area contributed by atoms with Gasteiger partial charge in [0, 0.05) is 19.1 Å². The van der Waals surface area contributed by atoms with Gasteiger partial charge in [-0.15, -0.1) is 0 Å². The van der Waals surface area contributed by atoms with Crippen molar-refractivity contribution in [2.24, 2.45) is 11.7 Å². The third-order valence-electron chi connectivity index (χ3n) is 3.91. The third-order valence-corrected chi connectivity index (χ3v) is 3.91. The zero-order valence-corrected chi connectivity index (χ0v) is 11.7. The van der Waals surface area contributed by atoms with Crippen molar-refractivity contribution in [3.05, 3.63) is 29.8 Å². The second-order valence-corrected chi connectivity index (χ2v) is 5.37. The van der Waals surface area contributed by atoms with Gasteiger partial charge < -0.3 is 15.6 Å². The van der Waals surface area contributed by atoms with Crippen LogP contribution >= 0.6 is 0 Å². The number of nitrogens with two attached hydrogens (primary N) is 1. The van der Waals surface area contributed by atoms with Crippen molar-refractivity contribution < 1.29 is 9.84 Å². The number of methoxy groups -OCH3 is 1. The zero-order valence-electron chi connectivity index (χ0n) is 11.7. The van der Waals surface area contributed by atoms with Crippen LogP contribution in [0.15, 0.2) is 24.3 Å². The van der Waals surface area contributed by atoms with Gasteiger partial charge >= 0.3 is 0 Å². The van der Waals surface area contributed by atoms with Crippen LogP contribution in [0.5, 0.6) is 5.75 Å². The van der Waals surface area contributed by atoms with E-state index in [1.165, 1.54) is 12.8 Å². The first-order valence-electron chi connectivity index (χ1n) is 6.88. The molecule has 1 aliphatic rings. The molecule has 2 atom stereocenters. The smallest absolute Gasteiger partial charge is 0.119 e. The molecule has 1 fully saturated rings. The van der Waals surface area contributed by atoms with Gasteiger partial charge in [0.1, 0.15) is 5.75 Å². The fraction of sp³-hybridized carbons (Fsp3) is 0.600. The summed E-state index contributed by atoms with van der Waals surface area (Å²) in [5.74, 6) is 1.49. The van der Waals surface area contributed by atoms with Crippen molar-refractivity contribution in [2.75, 3.05) is 27.2 Å². The maximum atomic E-state index is 10.3. The Balaban J connectivity index is 1.96. The Labute approximate surface area is 115 Å². The van der Waals surface area contributed by atoms with Crippen LogP contribution in [0.25, 0.3) is 0 Å². The quantitative estimate of drug-likeness (QED) is 0.781. The Morgan fingerprint density at radius 1 is 1.47 bits per heavy atom. The number of aliphatic hydroxyl groups excluding tert-OH is 1. The minimum Gasteiger partial charge on any atom is -0.497 e. The van der Waals surface area contributed by atoms with Gasteiger partial charge in [-0.1, -0.05) is 12.1 Å². The van der Waals surface area contributed by atoms with Gasteiger partial charge in [0.2, 0.25) is 0 Å². The first-order valence-corrected chi connectivity index (χ1v) is 6.88. The van der Waals surface area contributed by atoms with E-state index in [0.29, 0.717) is 25.0 Å². The standard InChI is InChI=1S/C15H24N2O2/c1-17(14(9-16)11-6-7-11)10-15(18)12-4-3-5-13(8-12)19-2/h3-5,8,11,14-15,18H,6-7,9-10,16H2,1-2H3. The summed E-state index contributed by atoms with van der Waals surface area (Å²) in [5, 5.41) is 10.3. The van der Waals surface area contributed by atoms with E-state index in [2.05, 4.69) is 4.90 Å². The predicted molar refractivity (Wildman–Crippen MR) is 76.2 cm³/mol. The van der Waals surface area contributed by atoms with E-state index in [-0.39, 0.29) is 0 Å². The summed E-state index contributed by atoms with van der Waals surface area (Å²) in [4.78, 5) is 2.18. The summed E-state index contributed by atoms with van der Waals surface area (Å²) < 4.78 is 5.18. The minimum atomic E-state index is -0.507. The average Bonchev–Trinajstić information content (AvgIpc) is 3.24. The molecule has 0 radical (unpaired) electrons. The second kappa shape index (κ2) is 6.37. The molecule has 2 rings (SSSR count). The second-order valence-electron chi connectivity index (χ2n) is 5.37. The lowest BCUT2D eigenvalue weighted by atomic mass is 10.1. The van der Waals surface area contributed by atoms with Crippen LogP contribution in [0.4, 0.5) is 0 Å². The molecule has 0 heterocycles. The Morgan fingerprint density at radius 3 is 2.79 bits per heavy atom. The number of aliphatic hydroxyl groups is 1. The van der Waals surface area contributed by atoms with Gasteiger partial charge in [-0.25, -0.2) is 0 Å². The lowest BCUT2D eigenvalue weighted by Crippen LogP contribution is -2.41. The average molecular weight is 264 g/mol. The summed E-state index contributed by atoms with van der Waals surface area (Å²) in [7, 11) is 3.68. The maximum Gasteiger partial charge on any atom is 0.119 e.